The second-order valence-corrected chi connectivity index (χ2v) is 6.09. The number of rotatable bonds is 8. The predicted molar refractivity (Wildman–Crippen MR) is 106 cm³/mol. The molecule has 0 aliphatic carbocycles. The molecule has 0 aliphatic heterocycles. The molecule has 2 rings (SSSR count). The summed E-state index contributed by atoms with van der Waals surface area (Å²) in [6.45, 7) is 1.80. The number of nitrogens with one attached hydrogen (secondary N) is 1. The average molecular weight is 408 g/mol. The zero-order valence-corrected chi connectivity index (χ0v) is 16.8. The van der Waals surface area contributed by atoms with E-state index in [1.165, 1.54) is 33.5 Å². The maximum absolute atomic E-state index is 12.8. The van der Waals surface area contributed by atoms with Crippen molar-refractivity contribution < 1.29 is 28.5 Å². The number of hydrogen-bond acceptors (Lipinski definition) is 6. The number of para-hydroxylation sites is 1. The lowest BCUT2D eigenvalue weighted by atomic mass is 10.1. The molecule has 28 heavy (non-hydrogen) atoms. The van der Waals surface area contributed by atoms with Gasteiger partial charge in [0.05, 0.1) is 37.6 Å². The standard InChI is InChI=1S/C20H22ClNO6/c1-5-15(28-16-9-7-6-8-13(16)21)19(23)22-14-11-18(26-3)17(25-2)10-12(14)20(24)27-4/h6-11,15H,5H2,1-4H3,(H,22,23)/t15-/m0/s1. The van der Waals surface area contributed by atoms with Crippen molar-refractivity contribution in [2.24, 2.45) is 0 Å². The molecule has 7 nitrogen and oxygen atoms in total. The molecule has 0 fully saturated rings. The fourth-order valence-corrected chi connectivity index (χ4v) is 2.67. The zero-order chi connectivity index (χ0) is 20.7. The largest absolute Gasteiger partial charge is 0.493 e. The topological polar surface area (TPSA) is 83.1 Å². The number of carbonyl (C=O) groups excluding carboxylic acids is 2. The van der Waals surface area contributed by atoms with E-state index >= 15 is 0 Å². The van der Waals surface area contributed by atoms with Crippen LogP contribution in [0, 0.1) is 0 Å². The number of carbonyl (C=O) groups is 2. The second kappa shape index (κ2) is 9.85. The van der Waals surface area contributed by atoms with E-state index < -0.39 is 18.0 Å². The number of anilines is 1. The molecule has 0 spiro atoms. The van der Waals surface area contributed by atoms with Gasteiger partial charge < -0.3 is 24.3 Å². The minimum atomic E-state index is -0.821. The van der Waals surface area contributed by atoms with E-state index in [1.807, 2.05) is 0 Å². The van der Waals surface area contributed by atoms with Crippen molar-refractivity contribution >= 4 is 29.2 Å². The number of ether oxygens (including phenoxy) is 4. The summed E-state index contributed by atoms with van der Waals surface area (Å²) in [5.41, 5.74) is 0.344. The fourth-order valence-electron chi connectivity index (χ4n) is 2.49. The molecule has 150 valence electrons. The highest BCUT2D eigenvalue weighted by molar-refractivity contribution is 6.32. The van der Waals surface area contributed by atoms with Gasteiger partial charge in [0, 0.05) is 12.1 Å². The van der Waals surface area contributed by atoms with Crippen LogP contribution in [0.5, 0.6) is 17.2 Å². The number of amides is 1. The van der Waals surface area contributed by atoms with E-state index in [4.69, 9.17) is 30.5 Å². The molecular weight excluding hydrogens is 386 g/mol. The number of benzene rings is 2. The summed E-state index contributed by atoms with van der Waals surface area (Å²) in [5, 5.41) is 3.10. The van der Waals surface area contributed by atoms with Gasteiger partial charge in [0.25, 0.3) is 5.91 Å². The highest BCUT2D eigenvalue weighted by Crippen LogP contribution is 2.34. The third-order valence-corrected chi connectivity index (χ3v) is 4.27. The molecule has 0 bridgehead atoms. The summed E-state index contributed by atoms with van der Waals surface area (Å²) >= 11 is 6.10. The summed E-state index contributed by atoms with van der Waals surface area (Å²) in [7, 11) is 4.15. The van der Waals surface area contributed by atoms with Gasteiger partial charge in [-0.25, -0.2) is 4.79 Å². The van der Waals surface area contributed by atoms with Crippen molar-refractivity contribution in [1.82, 2.24) is 0 Å². The van der Waals surface area contributed by atoms with E-state index in [2.05, 4.69) is 5.32 Å². The third-order valence-electron chi connectivity index (χ3n) is 3.96. The lowest BCUT2D eigenvalue weighted by Crippen LogP contribution is -2.33. The first kappa shape index (κ1) is 21.4. The maximum atomic E-state index is 12.8. The van der Waals surface area contributed by atoms with Gasteiger partial charge in [0.1, 0.15) is 5.75 Å². The van der Waals surface area contributed by atoms with Crippen LogP contribution in [0.25, 0.3) is 0 Å². The molecule has 2 aromatic rings. The van der Waals surface area contributed by atoms with Gasteiger partial charge in [0.2, 0.25) is 0 Å². The van der Waals surface area contributed by atoms with Gasteiger partial charge in [-0.15, -0.1) is 0 Å². The molecular formula is C20H22ClNO6. The fraction of sp³-hybridized carbons (Fsp3) is 0.300. The first-order chi connectivity index (χ1) is 13.4. The Bertz CT molecular complexity index is 855. The molecule has 0 radical (unpaired) electrons. The normalized spacial score (nSPS) is 11.3. The van der Waals surface area contributed by atoms with Crippen LogP contribution in [-0.4, -0.2) is 39.3 Å². The minimum absolute atomic E-state index is 0.126. The summed E-state index contributed by atoms with van der Waals surface area (Å²) in [4.78, 5) is 24.9. The molecule has 0 saturated carbocycles. The Hall–Kier alpha value is -2.93. The third kappa shape index (κ3) is 4.86. The van der Waals surface area contributed by atoms with E-state index in [9.17, 15) is 9.59 Å². The van der Waals surface area contributed by atoms with Crippen LogP contribution in [-0.2, 0) is 9.53 Å². The van der Waals surface area contributed by atoms with Crippen molar-refractivity contribution in [2.75, 3.05) is 26.6 Å². The second-order valence-electron chi connectivity index (χ2n) is 5.68. The molecule has 0 saturated heterocycles. The van der Waals surface area contributed by atoms with Crippen LogP contribution in [0.3, 0.4) is 0 Å². The van der Waals surface area contributed by atoms with E-state index in [-0.39, 0.29) is 11.3 Å². The average Bonchev–Trinajstić information content (AvgIpc) is 2.72. The van der Waals surface area contributed by atoms with Crippen molar-refractivity contribution in [3.8, 4) is 17.2 Å². The number of methoxy groups -OCH3 is 3. The molecule has 0 unspecified atom stereocenters. The molecule has 0 heterocycles. The lowest BCUT2D eigenvalue weighted by Gasteiger charge is -2.20. The summed E-state index contributed by atoms with van der Waals surface area (Å²) in [6.07, 6.45) is -0.434. The first-order valence-electron chi connectivity index (χ1n) is 8.51. The Morgan fingerprint density at radius 1 is 1.04 bits per heavy atom. The predicted octanol–water partition coefficient (Wildman–Crippen LogP) is 3.94. The monoisotopic (exact) mass is 407 g/mol. The minimum Gasteiger partial charge on any atom is -0.493 e. The summed E-state index contributed by atoms with van der Waals surface area (Å²) in [6, 6.07) is 9.80. The number of halogens is 1. The molecule has 2 aromatic carbocycles. The number of hydrogen-bond donors (Lipinski definition) is 1. The van der Waals surface area contributed by atoms with Crippen LogP contribution in [0.1, 0.15) is 23.7 Å². The Kier molecular flexibility index (Phi) is 7.52. The Balaban J connectivity index is 2.32. The maximum Gasteiger partial charge on any atom is 0.340 e. The Labute approximate surface area is 168 Å². The molecule has 8 heteroatoms. The van der Waals surface area contributed by atoms with Gasteiger partial charge >= 0.3 is 5.97 Å². The first-order valence-corrected chi connectivity index (χ1v) is 8.89. The van der Waals surface area contributed by atoms with Crippen LogP contribution in [0.4, 0.5) is 5.69 Å². The Morgan fingerprint density at radius 3 is 2.25 bits per heavy atom. The molecule has 1 amide bonds. The summed E-state index contributed by atoms with van der Waals surface area (Å²) < 4.78 is 21.0. The van der Waals surface area contributed by atoms with Crippen molar-refractivity contribution in [3.63, 3.8) is 0 Å². The number of esters is 1. The van der Waals surface area contributed by atoms with Crippen molar-refractivity contribution in [3.05, 3.63) is 47.0 Å². The van der Waals surface area contributed by atoms with E-state index in [0.29, 0.717) is 28.7 Å². The van der Waals surface area contributed by atoms with Crippen LogP contribution in [0.2, 0.25) is 5.02 Å². The van der Waals surface area contributed by atoms with Crippen molar-refractivity contribution in [1.29, 1.82) is 0 Å². The Morgan fingerprint density at radius 2 is 1.68 bits per heavy atom. The van der Waals surface area contributed by atoms with Crippen LogP contribution in [0.15, 0.2) is 36.4 Å². The van der Waals surface area contributed by atoms with Crippen molar-refractivity contribution in [2.45, 2.75) is 19.4 Å². The SMILES string of the molecule is CC[C@H](Oc1ccccc1Cl)C(=O)Nc1cc(OC)c(OC)cc1C(=O)OC. The van der Waals surface area contributed by atoms with E-state index in [0.717, 1.165) is 0 Å². The van der Waals surface area contributed by atoms with Gasteiger partial charge in [-0.05, 0) is 18.6 Å². The highest BCUT2D eigenvalue weighted by atomic mass is 35.5. The van der Waals surface area contributed by atoms with Gasteiger partial charge in [0.15, 0.2) is 17.6 Å². The smallest absolute Gasteiger partial charge is 0.340 e. The van der Waals surface area contributed by atoms with Crippen LogP contribution >= 0.6 is 11.6 Å². The quantitative estimate of drug-likeness (QED) is 0.667. The molecule has 1 atom stereocenters. The molecule has 1 N–H and O–H groups in total. The van der Waals surface area contributed by atoms with Gasteiger partial charge in [-0.3, -0.25) is 4.79 Å². The van der Waals surface area contributed by atoms with E-state index in [1.54, 1.807) is 31.2 Å². The molecule has 0 aliphatic rings. The molecule has 0 aromatic heterocycles. The highest BCUT2D eigenvalue weighted by Gasteiger charge is 2.24. The summed E-state index contributed by atoms with van der Waals surface area (Å²) in [5.74, 6) is 0.00793. The lowest BCUT2D eigenvalue weighted by molar-refractivity contribution is -0.122. The van der Waals surface area contributed by atoms with Gasteiger partial charge in [-0.1, -0.05) is 30.7 Å². The van der Waals surface area contributed by atoms with Gasteiger partial charge in [-0.2, -0.15) is 0 Å². The zero-order valence-electron chi connectivity index (χ0n) is 16.1. The van der Waals surface area contributed by atoms with Crippen LogP contribution < -0.4 is 19.5 Å².